The van der Waals surface area contributed by atoms with Crippen molar-refractivity contribution < 1.29 is 9.53 Å². The zero-order chi connectivity index (χ0) is 18.0. The lowest BCUT2D eigenvalue weighted by Crippen LogP contribution is -2.10. The summed E-state index contributed by atoms with van der Waals surface area (Å²) < 4.78 is 9.32. The molecule has 0 spiro atoms. The van der Waals surface area contributed by atoms with Crippen LogP contribution in [0.5, 0.6) is 0 Å². The van der Waals surface area contributed by atoms with Crippen molar-refractivity contribution >= 4 is 28.6 Å². The number of benzene rings is 1. The fourth-order valence-electron chi connectivity index (χ4n) is 3.07. The van der Waals surface area contributed by atoms with Crippen LogP contribution in [-0.4, -0.2) is 39.4 Å². The lowest BCUT2D eigenvalue weighted by Gasteiger charge is -2.08. The monoisotopic (exact) mass is 357 g/mol. The third-order valence-corrected chi connectivity index (χ3v) is 5.50. The molecule has 2 aromatic heterocycles. The minimum Gasteiger partial charge on any atom is -0.383 e. The normalized spacial score (nSPS) is 11.4. The van der Waals surface area contributed by atoms with Crippen molar-refractivity contribution in [1.82, 2.24) is 14.1 Å². The number of hydrogen-bond acceptors (Lipinski definition) is 4. The second-order valence-electron chi connectivity index (χ2n) is 6.08. The van der Waals surface area contributed by atoms with Gasteiger partial charge in [-0.2, -0.15) is 0 Å². The first kappa shape index (κ1) is 17.8. The second-order valence-corrected chi connectivity index (χ2v) is 7.03. The van der Waals surface area contributed by atoms with Crippen molar-refractivity contribution in [3.05, 3.63) is 47.3 Å². The molecule has 132 valence electrons. The number of ketones is 1. The molecule has 0 atom stereocenters. The molecule has 3 aromatic rings. The number of Topliss-reactive ketones (excluding diaryl/α,β-unsaturated/α-hetero) is 1. The number of aryl methyl sites for hydroxylation is 2. The van der Waals surface area contributed by atoms with Gasteiger partial charge in [-0.05, 0) is 32.0 Å². The fourth-order valence-corrected chi connectivity index (χ4v) is 3.94. The first-order valence-electron chi connectivity index (χ1n) is 8.26. The molecule has 0 fully saturated rings. The van der Waals surface area contributed by atoms with E-state index in [0.29, 0.717) is 12.4 Å². The van der Waals surface area contributed by atoms with Crippen molar-refractivity contribution in [2.24, 2.45) is 7.05 Å². The predicted molar refractivity (Wildman–Crippen MR) is 102 cm³/mol. The SMILES string of the molecule is COCCn1c(C)cc(C(=O)CSc2nc3ccccc3n2C)c1C. The molecule has 0 amide bonds. The molecule has 1 aromatic carbocycles. The molecule has 0 aliphatic heterocycles. The van der Waals surface area contributed by atoms with E-state index in [9.17, 15) is 4.79 Å². The molecular weight excluding hydrogens is 334 g/mol. The number of para-hydroxylation sites is 2. The van der Waals surface area contributed by atoms with Crippen LogP contribution in [0.3, 0.4) is 0 Å². The molecule has 25 heavy (non-hydrogen) atoms. The number of rotatable bonds is 7. The van der Waals surface area contributed by atoms with Crippen molar-refractivity contribution in [2.75, 3.05) is 19.5 Å². The van der Waals surface area contributed by atoms with Crippen LogP contribution in [0.2, 0.25) is 0 Å². The third-order valence-electron chi connectivity index (χ3n) is 4.47. The fraction of sp³-hybridized carbons (Fsp3) is 0.368. The number of thioether (sulfide) groups is 1. The maximum atomic E-state index is 12.7. The molecule has 0 aliphatic rings. The molecule has 0 saturated heterocycles. The van der Waals surface area contributed by atoms with E-state index in [4.69, 9.17) is 4.74 Å². The predicted octanol–water partition coefficient (Wildman–Crippen LogP) is 3.61. The summed E-state index contributed by atoms with van der Waals surface area (Å²) in [5, 5.41) is 0.864. The quantitative estimate of drug-likeness (QED) is 0.479. The van der Waals surface area contributed by atoms with E-state index in [-0.39, 0.29) is 5.78 Å². The number of carbonyl (C=O) groups is 1. The highest BCUT2D eigenvalue weighted by atomic mass is 32.2. The van der Waals surface area contributed by atoms with E-state index in [1.165, 1.54) is 11.8 Å². The van der Waals surface area contributed by atoms with Crippen LogP contribution < -0.4 is 0 Å². The third kappa shape index (κ3) is 3.50. The van der Waals surface area contributed by atoms with Crippen molar-refractivity contribution in [3.63, 3.8) is 0 Å². The Morgan fingerprint density at radius 3 is 2.76 bits per heavy atom. The van der Waals surface area contributed by atoms with Gasteiger partial charge in [-0.15, -0.1) is 0 Å². The molecule has 2 heterocycles. The van der Waals surface area contributed by atoms with E-state index < -0.39 is 0 Å². The Morgan fingerprint density at radius 1 is 1.28 bits per heavy atom. The first-order valence-corrected chi connectivity index (χ1v) is 9.24. The summed E-state index contributed by atoms with van der Waals surface area (Å²) in [5.74, 6) is 0.514. The smallest absolute Gasteiger partial charge is 0.175 e. The van der Waals surface area contributed by atoms with Crippen LogP contribution in [0.1, 0.15) is 21.7 Å². The van der Waals surface area contributed by atoms with Crippen molar-refractivity contribution in [3.8, 4) is 0 Å². The summed E-state index contributed by atoms with van der Waals surface area (Å²) in [4.78, 5) is 17.3. The summed E-state index contributed by atoms with van der Waals surface area (Å²) in [6.45, 7) is 5.42. The lowest BCUT2D eigenvalue weighted by molar-refractivity contribution is 0.102. The Morgan fingerprint density at radius 2 is 2.04 bits per heavy atom. The summed E-state index contributed by atoms with van der Waals surface area (Å²) >= 11 is 1.49. The average Bonchev–Trinajstić information content (AvgIpc) is 3.08. The van der Waals surface area contributed by atoms with Gasteiger partial charge in [-0.3, -0.25) is 4.79 Å². The number of fused-ring (bicyclic) bond motifs is 1. The minimum absolute atomic E-state index is 0.133. The van der Waals surface area contributed by atoms with Gasteiger partial charge in [0.2, 0.25) is 0 Å². The number of imidazole rings is 1. The van der Waals surface area contributed by atoms with E-state index in [1.54, 1.807) is 7.11 Å². The maximum absolute atomic E-state index is 12.7. The number of nitrogens with zero attached hydrogens (tertiary/aromatic N) is 3. The summed E-state index contributed by atoms with van der Waals surface area (Å²) in [6, 6.07) is 9.98. The molecule has 0 aliphatic carbocycles. The van der Waals surface area contributed by atoms with Gasteiger partial charge in [-0.1, -0.05) is 23.9 Å². The number of methoxy groups -OCH3 is 1. The summed E-state index contributed by atoms with van der Waals surface area (Å²) in [6.07, 6.45) is 0. The van der Waals surface area contributed by atoms with Gasteiger partial charge in [0.1, 0.15) is 0 Å². The van der Waals surface area contributed by atoms with Gasteiger partial charge in [0, 0.05) is 37.7 Å². The van der Waals surface area contributed by atoms with E-state index in [1.807, 2.05) is 55.8 Å². The molecule has 0 radical (unpaired) electrons. The highest BCUT2D eigenvalue weighted by Gasteiger charge is 2.17. The van der Waals surface area contributed by atoms with Crippen LogP contribution in [0.4, 0.5) is 0 Å². The van der Waals surface area contributed by atoms with Crippen LogP contribution in [0.15, 0.2) is 35.5 Å². The van der Waals surface area contributed by atoms with Gasteiger partial charge < -0.3 is 13.9 Å². The van der Waals surface area contributed by atoms with Crippen LogP contribution >= 0.6 is 11.8 Å². The molecule has 0 bridgehead atoms. The van der Waals surface area contributed by atoms with Crippen molar-refractivity contribution in [2.45, 2.75) is 25.5 Å². The number of carbonyl (C=O) groups excluding carboxylic acids is 1. The molecule has 0 N–H and O–H groups in total. The molecule has 6 heteroatoms. The van der Waals surface area contributed by atoms with Gasteiger partial charge in [0.05, 0.1) is 23.4 Å². The standard InChI is InChI=1S/C19H23N3O2S/c1-13-11-15(14(2)22(13)9-10-24-4)18(23)12-25-19-20-16-7-5-6-8-17(16)21(19)3/h5-8,11H,9-10,12H2,1-4H3. The maximum Gasteiger partial charge on any atom is 0.175 e. The minimum atomic E-state index is 0.133. The molecular formula is C19H23N3O2S. The van der Waals surface area contributed by atoms with Gasteiger partial charge in [0.25, 0.3) is 0 Å². The van der Waals surface area contributed by atoms with Crippen LogP contribution in [0.25, 0.3) is 11.0 Å². The summed E-state index contributed by atoms with van der Waals surface area (Å²) in [7, 11) is 3.67. The average molecular weight is 357 g/mol. The van der Waals surface area contributed by atoms with Gasteiger partial charge in [0.15, 0.2) is 10.9 Å². The highest BCUT2D eigenvalue weighted by molar-refractivity contribution is 7.99. The highest BCUT2D eigenvalue weighted by Crippen LogP contribution is 2.24. The van der Waals surface area contributed by atoms with E-state index in [0.717, 1.165) is 39.7 Å². The number of ether oxygens (including phenoxy) is 1. The number of hydrogen-bond donors (Lipinski definition) is 0. The lowest BCUT2D eigenvalue weighted by atomic mass is 10.2. The zero-order valence-corrected chi connectivity index (χ0v) is 15.9. The summed E-state index contributed by atoms with van der Waals surface area (Å²) in [5.41, 5.74) is 4.92. The van der Waals surface area contributed by atoms with Gasteiger partial charge in [-0.25, -0.2) is 4.98 Å². The Balaban J connectivity index is 1.75. The van der Waals surface area contributed by atoms with E-state index in [2.05, 4.69) is 9.55 Å². The largest absolute Gasteiger partial charge is 0.383 e. The Labute approximate surface area is 152 Å². The zero-order valence-electron chi connectivity index (χ0n) is 15.1. The van der Waals surface area contributed by atoms with E-state index >= 15 is 0 Å². The second kappa shape index (κ2) is 7.45. The Bertz CT molecular complexity index is 911. The molecule has 3 rings (SSSR count). The molecule has 0 unspecified atom stereocenters. The topological polar surface area (TPSA) is 49.1 Å². The molecule has 0 saturated carbocycles. The van der Waals surface area contributed by atoms with Crippen LogP contribution in [-0.2, 0) is 18.3 Å². The van der Waals surface area contributed by atoms with Crippen LogP contribution in [0, 0.1) is 13.8 Å². The van der Waals surface area contributed by atoms with Gasteiger partial charge >= 0.3 is 0 Å². The Hall–Kier alpha value is -2.05. The van der Waals surface area contributed by atoms with Crippen molar-refractivity contribution in [1.29, 1.82) is 0 Å². The molecule has 5 nitrogen and oxygen atoms in total. The first-order chi connectivity index (χ1) is 12.0. The Kier molecular flexibility index (Phi) is 5.30. The number of aromatic nitrogens is 3.